The average Bonchev–Trinajstić information content (AvgIpc) is 3.31. The summed E-state index contributed by atoms with van der Waals surface area (Å²) in [5, 5.41) is 9.68. The number of hydrogen-bond acceptors (Lipinski definition) is 7. The first kappa shape index (κ1) is 64.2. The molecule has 0 aromatic rings. The Bertz CT molecular complexity index is 1630. The van der Waals surface area contributed by atoms with E-state index in [9.17, 15) is 19.5 Å². The fourth-order valence-electron chi connectivity index (χ4n) is 6.13. The molecule has 9 heteroatoms. The topological polar surface area (TPSA) is 108 Å². The van der Waals surface area contributed by atoms with Gasteiger partial charge < -0.3 is 28.5 Å². The number of carbonyl (C=O) groups is 3. The van der Waals surface area contributed by atoms with Crippen LogP contribution in [0.25, 0.3) is 0 Å². The van der Waals surface area contributed by atoms with Crippen molar-refractivity contribution in [3.05, 3.63) is 146 Å². The van der Waals surface area contributed by atoms with E-state index >= 15 is 0 Å². The molecule has 0 saturated heterocycles. The van der Waals surface area contributed by atoms with E-state index in [1.807, 2.05) is 21.1 Å². The van der Waals surface area contributed by atoms with E-state index in [2.05, 4.69) is 160 Å². The van der Waals surface area contributed by atoms with Gasteiger partial charge in [0.15, 0.2) is 6.10 Å². The van der Waals surface area contributed by atoms with Crippen LogP contribution in [0.5, 0.6) is 0 Å². The fourth-order valence-corrected chi connectivity index (χ4v) is 6.13. The van der Waals surface area contributed by atoms with Crippen LogP contribution < -0.4 is 0 Å². The lowest BCUT2D eigenvalue weighted by atomic mass is 10.1. The molecule has 2 unspecified atom stereocenters. The molecule has 0 bridgehead atoms. The minimum atomic E-state index is -1.54. The van der Waals surface area contributed by atoms with Gasteiger partial charge in [-0.3, -0.25) is 9.59 Å². The molecule has 0 saturated carbocycles. The number of nitrogens with zero attached hydrogens (tertiary/aromatic N) is 1. The first-order chi connectivity index (χ1) is 33.6. The van der Waals surface area contributed by atoms with Crippen LogP contribution in [-0.2, 0) is 33.3 Å². The molecule has 0 radical (unpaired) electrons. The van der Waals surface area contributed by atoms with E-state index in [4.69, 9.17) is 18.9 Å². The SMILES string of the molecule is CC/C=C\C/C=C\C/C=C\C/C=C\C/C=C\C/C=C\CCCCCCC(=O)OC(COC(=O)CCCC/C=C\C/C=C\C/C=C\C/C=C\C/C=C\C/C=C\CC)COC(OCC[N+](C)(C)C)C(=O)O. The standard InChI is InChI=1S/C60H93NO8/c1-6-8-10-12-14-16-18-20-22-24-26-28-29-31-33-35-37-39-41-43-45-47-49-51-58(63)69-56(55-68-60(59(64)65)66-53-52-61(3,4)5)54-67-57(62)50-48-46-44-42-40-38-36-34-32-30-27-25-23-21-19-17-15-13-11-9-7-2/h8-11,14-17,20-23,26-28,30-31,33-34,36-37,39-40,42,56,60H,6-7,12-13,18-19,24-25,29,32,35,38,41,43-55H2,1-5H3/p+1/b10-8-,11-9-,16-14-,17-15-,22-20-,23-21-,28-26-,30-27-,33-31-,36-34-,39-37-,42-40-. The molecule has 0 aliphatic rings. The number of carboxylic acid groups (broad SMARTS) is 1. The highest BCUT2D eigenvalue weighted by Crippen LogP contribution is 2.11. The van der Waals surface area contributed by atoms with Crippen molar-refractivity contribution in [3.63, 3.8) is 0 Å². The maximum Gasteiger partial charge on any atom is 0.361 e. The van der Waals surface area contributed by atoms with Gasteiger partial charge in [-0.25, -0.2) is 4.79 Å². The van der Waals surface area contributed by atoms with Crippen LogP contribution in [0.15, 0.2) is 146 Å². The van der Waals surface area contributed by atoms with Gasteiger partial charge in [0.2, 0.25) is 0 Å². The molecule has 0 aliphatic heterocycles. The van der Waals surface area contributed by atoms with Crippen molar-refractivity contribution in [2.45, 2.75) is 167 Å². The minimum Gasteiger partial charge on any atom is -0.477 e. The van der Waals surface area contributed by atoms with Crippen molar-refractivity contribution < 1.29 is 42.9 Å². The Morgan fingerprint density at radius 2 is 0.783 bits per heavy atom. The van der Waals surface area contributed by atoms with Gasteiger partial charge in [-0.05, 0) is 116 Å². The first-order valence-corrected chi connectivity index (χ1v) is 26.0. The Kier molecular flexibility index (Phi) is 46.1. The Morgan fingerprint density at radius 1 is 0.435 bits per heavy atom. The second kappa shape index (κ2) is 49.6. The van der Waals surface area contributed by atoms with Gasteiger partial charge in [0.1, 0.15) is 13.2 Å². The zero-order chi connectivity index (χ0) is 50.6. The van der Waals surface area contributed by atoms with Crippen LogP contribution in [0.1, 0.15) is 155 Å². The summed E-state index contributed by atoms with van der Waals surface area (Å²) in [6.07, 6.45) is 69.1. The van der Waals surface area contributed by atoms with E-state index in [0.717, 1.165) is 116 Å². The van der Waals surface area contributed by atoms with Gasteiger partial charge in [-0.2, -0.15) is 0 Å². The fraction of sp³-hybridized carbons (Fsp3) is 0.550. The van der Waals surface area contributed by atoms with Gasteiger partial charge in [0.05, 0.1) is 34.4 Å². The highest BCUT2D eigenvalue weighted by atomic mass is 16.7. The number of rotatable bonds is 45. The minimum absolute atomic E-state index is 0.165. The van der Waals surface area contributed by atoms with Crippen LogP contribution in [0, 0.1) is 0 Å². The van der Waals surface area contributed by atoms with Crippen LogP contribution in [0.4, 0.5) is 0 Å². The van der Waals surface area contributed by atoms with E-state index in [0.29, 0.717) is 23.9 Å². The van der Waals surface area contributed by atoms with Gasteiger partial charge in [-0.1, -0.05) is 173 Å². The van der Waals surface area contributed by atoms with Crippen molar-refractivity contribution in [3.8, 4) is 0 Å². The summed E-state index contributed by atoms with van der Waals surface area (Å²) in [7, 11) is 5.92. The summed E-state index contributed by atoms with van der Waals surface area (Å²) in [5.41, 5.74) is 0. The lowest BCUT2D eigenvalue weighted by molar-refractivity contribution is -0.870. The van der Waals surface area contributed by atoms with Crippen LogP contribution >= 0.6 is 0 Å². The van der Waals surface area contributed by atoms with E-state index in [1.54, 1.807) is 0 Å². The second-order valence-corrected chi connectivity index (χ2v) is 17.7. The largest absolute Gasteiger partial charge is 0.477 e. The third kappa shape index (κ3) is 50.9. The van der Waals surface area contributed by atoms with E-state index < -0.39 is 30.3 Å². The molecular formula is C60H94NO8+. The molecule has 1 N–H and O–H groups in total. The highest BCUT2D eigenvalue weighted by molar-refractivity contribution is 5.71. The van der Waals surface area contributed by atoms with Gasteiger partial charge in [0.25, 0.3) is 6.29 Å². The Balaban J connectivity index is 4.52. The summed E-state index contributed by atoms with van der Waals surface area (Å²) >= 11 is 0. The molecule has 0 spiro atoms. The average molecular weight is 957 g/mol. The monoisotopic (exact) mass is 957 g/mol. The molecule has 0 aliphatic carbocycles. The quantitative estimate of drug-likeness (QED) is 0.0211. The number of unbranched alkanes of at least 4 members (excludes halogenated alkanes) is 6. The zero-order valence-electron chi connectivity index (χ0n) is 43.6. The molecule has 0 amide bonds. The van der Waals surface area contributed by atoms with Crippen molar-refractivity contribution in [1.29, 1.82) is 0 Å². The normalized spacial score (nSPS) is 14.0. The molecule has 0 aromatic heterocycles. The van der Waals surface area contributed by atoms with Gasteiger partial charge >= 0.3 is 17.9 Å². The number of carboxylic acids is 1. The third-order valence-electron chi connectivity index (χ3n) is 10.1. The summed E-state index contributed by atoms with van der Waals surface area (Å²) < 4.78 is 22.7. The number of esters is 2. The van der Waals surface area contributed by atoms with Crippen molar-refractivity contribution >= 4 is 17.9 Å². The van der Waals surface area contributed by atoms with Crippen molar-refractivity contribution in [2.75, 3.05) is 47.5 Å². The number of allylic oxidation sites excluding steroid dienone is 24. The third-order valence-corrected chi connectivity index (χ3v) is 10.1. The summed E-state index contributed by atoms with van der Waals surface area (Å²) in [5.74, 6) is -2.13. The Morgan fingerprint density at radius 3 is 1.17 bits per heavy atom. The molecule has 69 heavy (non-hydrogen) atoms. The Hall–Kier alpha value is -4.83. The zero-order valence-corrected chi connectivity index (χ0v) is 43.6. The van der Waals surface area contributed by atoms with Crippen LogP contribution in [0.2, 0.25) is 0 Å². The molecule has 0 rings (SSSR count). The molecular weight excluding hydrogens is 863 g/mol. The van der Waals surface area contributed by atoms with Gasteiger partial charge in [0, 0.05) is 12.8 Å². The first-order valence-electron chi connectivity index (χ1n) is 26.0. The molecule has 0 heterocycles. The van der Waals surface area contributed by atoms with Crippen molar-refractivity contribution in [2.24, 2.45) is 0 Å². The number of likely N-dealkylation sites (N-methyl/N-ethyl adjacent to an activating group) is 1. The molecule has 0 fully saturated rings. The number of aliphatic carboxylic acids is 1. The summed E-state index contributed by atoms with van der Waals surface area (Å²) in [6, 6.07) is 0. The number of hydrogen-bond donors (Lipinski definition) is 1. The molecule has 0 aromatic carbocycles. The van der Waals surface area contributed by atoms with Crippen molar-refractivity contribution in [1.82, 2.24) is 0 Å². The number of carbonyl (C=O) groups excluding carboxylic acids is 2. The van der Waals surface area contributed by atoms with Gasteiger partial charge in [-0.15, -0.1) is 0 Å². The van der Waals surface area contributed by atoms with E-state index in [-0.39, 0.29) is 32.7 Å². The van der Waals surface area contributed by atoms with Crippen LogP contribution in [0.3, 0.4) is 0 Å². The molecule has 2 atom stereocenters. The number of ether oxygens (including phenoxy) is 4. The summed E-state index contributed by atoms with van der Waals surface area (Å²) in [4.78, 5) is 37.3. The Labute approximate surface area is 420 Å². The highest BCUT2D eigenvalue weighted by Gasteiger charge is 2.25. The predicted molar refractivity (Wildman–Crippen MR) is 290 cm³/mol. The van der Waals surface area contributed by atoms with Crippen LogP contribution in [-0.4, -0.2) is 87.4 Å². The molecule has 9 nitrogen and oxygen atoms in total. The maximum atomic E-state index is 12.8. The lowest BCUT2D eigenvalue weighted by Gasteiger charge is -2.25. The summed E-state index contributed by atoms with van der Waals surface area (Å²) in [6.45, 7) is 4.52. The second-order valence-electron chi connectivity index (χ2n) is 17.7. The smallest absolute Gasteiger partial charge is 0.361 e. The maximum absolute atomic E-state index is 12.8. The van der Waals surface area contributed by atoms with E-state index in [1.165, 1.54) is 0 Å². The predicted octanol–water partition coefficient (Wildman–Crippen LogP) is 14.9. The molecule has 386 valence electrons. The lowest BCUT2D eigenvalue weighted by Crippen LogP contribution is -2.40. The number of quaternary nitrogens is 1.